The Morgan fingerprint density at radius 2 is 1.80 bits per heavy atom. The monoisotopic (exact) mass is 478 g/mol. The molecular formula is C28H38N4O3. The second-order valence-corrected chi connectivity index (χ2v) is 10.6. The molecule has 1 aliphatic heterocycles. The summed E-state index contributed by atoms with van der Waals surface area (Å²) < 4.78 is 13.5. The molecule has 1 fully saturated rings. The van der Waals surface area contributed by atoms with Gasteiger partial charge in [0.2, 0.25) is 0 Å². The number of likely N-dealkylation sites (tertiary alicyclic amines) is 1. The van der Waals surface area contributed by atoms with E-state index in [0.717, 1.165) is 42.0 Å². The summed E-state index contributed by atoms with van der Waals surface area (Å²) in [6, 6.07) is 10.4. The first-order valence-corrected chi connectivity index (χ1v) is 12.7. The smallest absolute Gasteiger partial charge is 0.410 e. The molecule has 0 aliphatic carbocycles. The Balaban J connectivity index is 1.35. The third-order valence-electron chi connectivity index (χ3n) is 6.64. The highest BCUT2D eigenvalue weighted by atomic mass is 16.6. The van der Waals surface area contributed by atoms with E-state index in [1.54, 1.807) is 4.90 Å². The van der Waals surface area contributed by atoms with E-state index in [4.69, 9.17) is 14.5 Å². The maximum atomic E-state index is 12.3. The van der Waals surface area contributed by atoms with Crippen LogP contribution in [-0.2, 0) is 4.74 Å². The molecule has 1 saturated heterocycles. The quantitative estimate of drug-likeness (QED) is 0.440. The van der Waals surface area contributed by atoms with Crippen molar-refractivity contribution in [3.63, 3.8) is 0 Å². The highest BCUT2D eigenvalue weighted by Crippen LogP contribution is 2.33. The van der Waals surface area contributed by atoms with Gasteiger partial charge < -0.3 is 14.4 Å². The number of fused-ring (bicyclic) bond motifs is 1. The van der Waals surface area contributed by atoms with E-state index in [9.17, 15) is 4.79 Å². The summed E-state index contributed by atoms with van der Waals surface area (Å²) in [4.78, 5) is 18.8. The number of ether oxygens (including phenoxy) is 2. The van der Waals surface area contributed by atoms with Crippen molar-refractivity contribution in [1.29, 1.82) is 0 Å². The fraction of sp³-hybridized carbons (Fsp3) is 0.536. The zero-order valence-electron chi connectivity index (χ0n) is 21.9. The predicted molar refractivity (Wildman–Crippen MR) is 137 cm³/mol. The van der Waals surface area contributed by atoms with Gasteiger partial charge >= 0.3 is 6.09 Å². The summed E-state index contributed by atoms with van der Waals surface area (Å²) in [5.41, 5.74) is 4.93. The van der Waals surface area contributed by atoms with Crippen LogP contribution in [0.3, 0.4) is 0 Å². The second-order valence-electron chi connectivity index (χ2n) is 10.6. The van der Waals surface area contributed by atoms with Crippen LogP contribution < -0.4 is 4.74 Å². The summed E-state index contributed by atoms with van der Waals surface area (Å²) in [6.07, 6.45) is 4.58. The molecule has 0 saturated carbocycles. The summed E-state index contributed by atoms with van der Waals surface area (Å²) in [7, 11) is 0. The van der Waals surface area contributed by atoms with Crippen molar-refractivity contribution in [1.82, 2.24) is 19.5 Å². The fourth-order valence-electron chi connectivity index (χ4n) is 4.78. The van der Waals surface area contributed by atoms with Crippen molar-refractivity contribution in [2.24, 2.45) is 5.92 Å². The van der Waals surface area contributed by atoms with Crippen LogP contribution in [0.15, 0.2) is 36.5 Å². The Morgan fingerprint density at radius 3 is 2.43 bits per heavy atom. The topological polar surface area (TPSA) is 69.0 Å². The Kier molecular flexibility index (Phi) is 7.33. The van der Waals surface area contributed by atoms with Gasteiger partial charge in [-0.2, -0.15) is 5.10 Å². The molecule has 0 spiro atoms. The molecule has 1 amide bonds. The Bertz CT molecular complexity index is 1160. The van der Waals surface area contributed by atoms with Gasteiger partial charge in [-0.3, -0.25) is 0 Å². The van der Waals surface area contributed by atoms with Crippen LogP contribution in [-0.4, -0.2) is 50.9 Å². The maximum Gasteiger partial charge on any atom is 0.410 e. The first-order valence-electron chi connectivity index (χ1n) is 12.7. The Labute approximate surface area is 208 Å². The van der Waals surface area contributed by atoms with Crippen LogP contribution in [0.1, 0.15) is 75.4 Å². The zero-order valence-corrected chi connectivity index (χ0v) is 21.9. The molecule has 3 heterocycles. The van der Waals surface area contributed by atoms with E-state index in [0.29, 0.717) is 25.6 Å². The van der Waals surface area contributed by atoms with Gasteiger partial charge in [0.05, 0.1) is 12.3 Å². The van der Waals surface area contributed by atoms with Gasteiger partial charge in [0.15, 0.2) is 5.65 Å². The van der Waals surface area contributed by atoms with E-state index in [1.807, 2.05) is 44.5 Å². The third-order valence-corrected chi connectivity index (χ3v) is 6.64. The summed E-state index contributed by atoms with van der Waals surface area (Å²) in [5.74, 6) is 1.55. The lowest BCUT2D eigenvalue weighted by molar-refractivity contribution is 0.0165. The second kappa shape index (κ2) is 10.3. The van der Waals surface area contributed by atoms with E-state index in [1.165, 1.54) is 11.1 Å². The molecule has 1 atom stereocenters. The van der Waals surface area contributed by atoms with Crippen molar-refractivity contribution < 1.29 is 14.3 Å². The standard InChI is InChI=1S/C28H38N4O3/c1-7-24(25-20(3)30-32-17-12-19(2)29-26(25)32)22-8-10-23(11-9-22)34-18-21-13-15-31(16-14-21)27(33)35-28(4,5)6/h8-12,17,21,24H,7,13-16,18H2,1-6H3. The van der Waals surface area contributed by atoms with Gasteiger partial charge in [0.1, 0.15) is 11.4 Å². The highest BCUT2D eigenvalue weighted by Gasteiger charge is 2.27. The minimum absolute atomic E-state index is 0.218. The largest absolute Gasteiger partial charge is 0.493 e. The lowest BCUT2D eigenvalue weighted by Crippen LogP contribution is -2.42. The molecule has 1 unspecified atom stereocenters. The number of aromatic nitrogens is 3. The van der Waals surface area contributed by atoms with Crippen molar-refractivity contribution in [3.8, 4) is 5.75 Å². The van der Waals surface area contributed by atoms with Crippen molar-refractivity contribution in [2.45, 2.75) is 72.3 Å². The number of nitrogens with zero attached hydrogens (tertiary/aromatic N) is 4. The van der Waals surface area contributed by atoms with Gasteiger partial charge in [0, 0.05) is 36.5 Å². The normalized spacial score (nSPS) is 15.9. The van der Waals surface area contributed by atoms with Gasteiger partial charge in [-0.1, -0.05) is 19.1 Å². The molecule has 4 rings (SSSR count). The van der Waals surface area contributed by atoms with Gasteiger partial charge in [0.25, 0.3) is 0 Å². The van der Waals surface area contributed by atoms with E-state index in [2.05, 4.69) is 43.2 Å². The predicted octanol–water partition coefficient (Wildman–Crippen LogP) is 5.91. The molecular weight excluding hydrogens is 440 g/mol. The van der Waals surface area contributed by atoms with Crippen LogP contribution in [0.25, 0.3) is 5.65 Å². The van der Waals surface area contributed by atoms with Crippen LogP contribution in [0, 0.1) is 19.8 Å². The van der Waals surface area contributed by atoms with E-state index >= 15 is 0 Å². The van der Waals surface area contributed by atoms with Crippen LogP contribution in [0.4, 0.5) is 4.79 Å². The number of piperidine rings is 1. The summed E-state index contributed by atoms with van der Waals surface area (Å²) in [6.45, 7) is 14.1. The summed E-state index contributed by atoms with van der Waals surface area (Å²) >= 11 is 0. The number of hydrogen-bond acceptors (Lipinski definition) is 5. The highest BCUT2D eigenvalue weighted by molar-refractivity contribution is 5.68. The number of carbonyl (C=O) groups is 1. The minimum atomic E-state index is -0.459. The molecule has 188 valence electrons. The SMILES string of the molecule is CCC(c1ccc(OCC2CCN(C(=O)OC(C)(C)C)CC2)cc1)c1c(C)nn2ccc(C)nc12. The molecule has 1 aliphatic rings. The molecule has 2 aromatic heterocycles. The first-order chi connectivity index (χ1) is 16.6. The van der Waals surface area contributed by atoms with Crippen LogP contribution >= 0.6 is 0 Å². The Morgan fingerprint density at radius 1 is 1.11 bits per heavy atom. The minimum Gasteiger partial charge on any atom is -0.493 e. The van der Waals surface area contributed by atoms with Gasteiger partial charge in [-0.25, -0.2) is 14.3 Å². The number of aryl methyl sites for hydroxylation is 2. The molecule has 0 bridgehead atoms. The van der Waals surface area contributed by atoms with Gasteiger partial charge in [-0.15, -0.1) is 0 Å². The molecule has 1 aromatic carbocycles. The molecule has 7 heteroatoms. The maximum absolute atomic E-state index is 12.3. The molecule has 0 radical (unpaired) electrons. The molecule has 0 N–H and O–H groups in total. The van der Waals surface area contributed by atoms with Gasteiger partial charge in [-0.05, 0) is 83.6 Å². The third kappa shape index (κ3) is 5.95. The summed E-state index contributed by atoms with van der Waals surface area (Å²) in [5, 5.41) is 4.68. The molecule has 3 aromatic rings. The van der Waals surface area contributed by atoms with E-state index < -0.39 is 5.60 Å². The number of hydrogen-bond donors (Lipinski definition) is 0. The zero-order chi connectivity index (χ0) is 25.2. The lowest BCUT2D eigenvalue weighted by atomic mass is 9.89. The van der Waals surface area contributed by atoms with Crippen LogP contribution in [0.5, 0.6) is 5.75 Å². The molecule has 7 nitrogen and oxygen atoms in total. The van der Waals surface area contributed by atoms with Crippen molar-refractivity contribution in [3.05, 3.63) is 59.0 Å². The average Bonchev–Trinajstić information content (AvgIpc) is 3.13. The lowest BCUT2D eigenvalue weighted by Gasteiger charge is -2.33. The Hall–Kier alpha value is -3.09. The number of benzene rings is 1. The van der Waals surface area contributed by atoms with Crippen molar-refractivity contribution >= 4 is 11.7 Å². The number of rotatable bonds is 6. The van der Waals surface area contributed by atoms with Crippen LogP contribution in [0.2, 0.25) is 0 Å². The number of carbonyl (C=O) groups excluding carboxylic acids is 1. The molecule has 35 heavy (non-hydrogen) atoms. The number of amides is 1. The van der Waals surface area contributed by atoms with Crippen molar-refractivity contribution in [2.75, 3.05) is 19.7 Å². The average molecular weight is 479 g/mol. The first kappa shape index (κ1) is 25.0. The fourth-order valence-corrected chi connectivity index (χ4v) is 4.78. The van der Waals surface area contributed by atoms with E-state index in [-0.39, 0.29) is 12.0 Å².